The Balaban J connectivity index is 1.06. The van der Waals surface area contributed by atoms with Crippen molar-refractivity contribution in [2.24, 2.45) is 0 Å². The molecule has 0 saturated heterocycles. The van der Waals surface area contributed by atoms with Crippen molar-refractivity contribution in [2.75, 3.05) is 0 Å². The quantitative estimate of drug-likeness (QED) is 0.174. The molecule has 0 N–H and O–H groups in total. The molecule has 7 aromatic carbocycles. The van der Waals surface area contributed by atoms with Crippen LogP contribution in [0.1, 0.15) is 0 Å². The fourth-order valence-electron chi connectivity index (χ4n) is 8.06. The minimum Gasteiger partial charge on any atom is -0.452 e. The van der Waals surface area contributed by atoms with Gasteiger partial charge in [0.2, 0.25) is 5.95 Å². The van der Waals surface area contributed by atoms with Gasteiger partial charge in [-0.3, -0.25) is 4.57 Å². The van der Waals surface area contributed by atoms with Crippen molar-refractivity contribution in [1.29, 1.82) is 0 Å². The van der Waals surface area contributed by atoms with E-state index in [9.17, 15) is 0 Å². The number of hydrogen-bond acceptors (Lipinski definition) is 7. The molecule has 0 aliphatic carbocycles. The molecular weight excluding hydrogens is 721 g/mol. The topological polar surface area (TPSA) is 82.5 Å². The lowest BCUT2D eigenvalue weighted by Crippen LogP contribution is -2.06. The van der Waals surface area contributed by atoms with Gasteiger partial charge in [0.05, 0.1) is 11.0 Å². The fraction of sp³-hybridized carbons (Fsp3) is 0. The second-order valence-corrected chi connectivity index (χ2v) is 15.1. The van der Waals surface area contributed by atoms with Crippen LogP contribution in [0, 0.1) is 0 Å². The Hall–Kier alpha value is -7.55. The van der Waals surface area contributed by atoms with Crippen LogP contribution >= 0.6 is 11.3 Å². The van der Waals surface area contributed by atoms with Crippen molar-refractivity contribution in [1.82, 2.24) is 29.5 Å². The van der Waals surface area contributed by atoms with Crippen LogP contribution in [0.25, 0.3) is 115 Å². The van der Waals surface area contributed by atoms with E-state index in [0.29, 0.717) is 29.0 Å². The molecule has 7 nitrogen and oxygen atoms in total. The first-order valence-corrected chi connectivity index (χ1v) is 19.6. The van der Waals surface area contributed by atoms with Gasteiger partial charge in [-0.05, 0) is 48.5 Å². The Morgan fingerprint density at radius 2 is 1.07 bits per heavy atom. The zero-order chi connectivity index (χ0) is 37.5. The highest BCUT2D eigenvalue weighted by Crippen LogP contribution is 2.43. The summed E-state index contributed by atoms with van der Waals surface area (Å²) in [5.74, 6) is 2.45. The second-order valence-electron chi connectivity index (χ2n) is 14.1. The molecular formula is C49H28N6OS. The largest absolute Gasteiger partial charge is 0.452 e. The van der Waals surface area contributed by atoms with Crippen molar-refractivity contribution in [3.05, 3.63) is 170 Å². The van der Waals surface area contributed by atoms with Gasteiger partial charge < -0.3 is 4.42 Å². The molecule has 57 heavy (non-hydrogen) atoms. The molecule has 12 aromatic rings. The molecule has 0 atom stereocenters. The predicted octanol–water partition coefficient (Wildman–Crippen LogP) is 12.7. The third-order valence-electron chi connectivity index (χ3n) is 10.7. The number of thiophene rings is 1. The van der Waals surface area contributed by atoms with Gasteiger partial charge in [-0.1, -0.05) is 121 Å². The predicted molar refractivity (Wildman–Crippen MR) is 232 cm³/mol. The summed E-state index contributed by atoms with van der Waals surface area (Å²) in [6.07, 6.45) is 0. The molecule has 0 radical (unpaired) electrons. The Labute approximate surface area is 329 Å². The number of hydrogen-bond donors (Lipinski definition) is 0. The van der Waals surface area contributed by atoms with E-state index in [4.69, 9.17) is 29.3 Å². The van der Waals surface area contributed by atoms with E-state index >= 15 is 0 Å². The van der Waals surface area contributed by atoms with Gasteiger partial charge in [-0.2, -0.15) is 9.97 Å². The van der Waals surface area contributed by atoms with Crippen LogP contribution in [0.4, 0.5) is 0 Å². The monoisotopic (exact) mass is 748 g/mol. The van der Waals surface area contributed by atoms with E-state index in [1.165, 1.54) is 0 Å². The highest BCUT2D eigenvalue weighted by molar-refractivity contribution is 7.26. The maximum Gasteiger partial charge on any atom is 0.238 e. The fourth-order valence-corrected chi connectivity index (χ4v) is 9.26. The molecule has 0 fully saturated rings. The van der Waals surface area contributed by atoms with Crippen LogP contribution in [0.3, 0.4) is 0 Å². The van der Waals surface area contributed by atoms with E-state index < -0.39 is 0 Å². The lowest BCUT2D eigenvalue weighted by Gasteiger charge is -2.11. The highest BCUT2D eigenvalue weighted by Gasteiger charge is 2.22. The van der Waals surface area contributed by atoms with Crippen molar-refractivity contribution in [2.45, 2.75) is 0 Å². The van der Waals surface area contributed by atoms with Gasteiger partial charge in [-0.25, -0.2) is 15.0 Å². The van der Waals surface area contributed by atoms with Crippen LogP contribution in [-0.4, -0.2) is 29.5 Å². The summed E-state index contributed by atoms with van der Waals surface area (Å²) in [5.41, 5.74) is 8.92. The van der Waals surface area contributed by atoms with Crippen molar-refractivity contribution in [3.8, 4) is 51.4 Å². The summed E-state index contributed by atoms with van der Waals surface area (Å²) < 4.78 is 10.8. The number of furan rings is 1. The van der Waals surface area contributed by atoms with Crippen LogP contribution < -0.4 is 0 Å². The molecule has 8 heteroatoms. The maximum atomic E-state index is 6.39. The lowest BCUT2D eigenvalue weighted by molar-refractivity contribution is 0.667. The molecule has 266 valence electrons. The molecule has 5 aromatic heterocycles. The third-order valence-corrected chi connectivity index (χ3v) is 11.9. The number of aromatic nitrogens is 6. The highest BCUT2D eigenvalue weighted by atomic mass is 32.1. The number of fused-ring (bicyclic) bond motifs is 9. The van der Waals surface area contributed by atoms with Gasteiger partial charge in [-0.15, -0.1) is 11.3 Å². The molecule has 0 aliphatic heterocycles. The normalized spacial score (nSPS) is 11.9. The zero-order valence-electron chi connectivity index (χ0n) is 30.2. The molecule has 0 unspecified atom stereocenters. The van der Waals surface area contributed by atoms with Crippen molar-refractivity contribution < 1.29 is 4.42 Å². The summed E-state index contributed by atoms with van der Waals surface area (Å²) in [4.78, 5) is 25.8. The molecule has 0 amide bonds. The van der Waals surface area contributed by atoms with Gasteiger partial charge in [0.15, 0.2) is 23.1 Å². The first-order chi connectivity index (χ1) is 28.2. The molecule has 0 spiro atoms. The first kappa shape index (κ1) is 31.8. The Morgan fingerprint density at radius 3 is 1.82 bits per heavy atom. The molecule has 5 heterocycles. The Morgan fingerprint density at radius 1 is 0.439 bits per heavy atom. The van der Waals surface area contributed by atoms with Crippen molar-refractivity contribution >= 4 is 75.4 Å². The SMILES string of the molecule is c1ccc(-c2nc(-c3ccc4sc5c(-c6nc(-c7ccccc7)c7oc8ccccc8c7n6)cccc5c4c3)nc(-n3c4ccccc4c4ccccc43)n2)cc1. The molecule has 0 aliphatic rings. The maximum absolute atomic E-state index is 6.39. The second kappa shape index (κ2) is 12.5. The van der Waals surface area contributed by atoms with Gasteiger partial charge >= 0.3 is 0 Å². The minimum absolute atomic E-state index is 0.572. The van der Waals surface area contributed by atoms with E-state index in [2.05, 4.69) is 108 Å². The zero-order valence-corrected chi connectivity index (χ0v) is 31.0. The third kappa shape index (κ3) is 5.01. The van der Waals surface area contributed by atoms with Gasteiger partial charge in [0.25, 0.3) is 0 Å². The van der Waals surface area contributed by atoms with Crippen molar-refractivity contribution in [3.63, 3.8) is 0 Å². The smallest absolute Gasteiger partial charge is 0.238 e. The van der Waals surface area contributed by atoms with Crippen LogP contribution in [0.15, 0.2) is 174 Å². The van der Waals surface area contributed by atoms with Gasteiger partial charge in [0, 0.05) is 58.6 Å². The van der Waals surface area contributed by atoms with E-state index in [-0.39, 0.29) is 0 Å². The average Bonchev–Trinajstić information content (AvgIpc) is 3.96. The van der Waals surface area contributed by atoms with E-state index in [1.807, 2.05) is 66.7 Å². The van der Waals surface area contributed by atoms with E-state index in [1.54, 1.807) is 11.3 Å². The average molecular weight is 749 g/mol. The first-order valence-electron chi connectivity index (χ1n) is 18.8. The summed E-state index contributed by atoms with van der Waals surface area (Å²) in [7, 11) is 0. The Bertz CT molecular complexity index is 3480. The van der Waals surface area contributed by atoms with Crippen LogP contribution in [0.5, 0.6) is 0 Å². The number of para-hydroxylation sites is 3. The summed E-state index contributed by atoms with van der Waals surface area (Å²) in [5, 5.41) is 5.51. The number of benzene rings is 7. The molecule has 0 saturated carbocycles. The van der Waals surface area contributed by atoms with Crippen LogP contribution in [-0.2, 0) is 0 Å². The summed E-state index contributed by atoms with van der Waals surface area (Å²) in [6.45, 7) is 0. The lowest BCUT2D eigenvalue weighted by atomic mass is 10.1. The minimum atomic E-state index is 0.572. The molecule has 12 rings (SSSR count). The Kier molecular flexibility index (Phi) is 6.96. The number of nitrogens with zero attached hydrogens (tertiary/aromatic N) is 6. The van der Waals surface area contributed by atoms with Gasteiger partial charge in [0.1, 0.15) is 16.8 Å². The van der Waals surface area contributed by atoms with Crippen LogP contribution in [0.2, 0.25) is 0 Å². The van der Waals surface area contributed by atoms with E-state index in [0.717, 1.165) is 86.4 Å². The summed E-state index contributed by atoms with van der Waals surface area (Å²) in [6, 6.07) is 58.1. The number of rotatable bonds is 5. The molecule has 0 bridgehead atoms. The summed E-state index contributed by atoms with van der Waals surface area (Å²) >= 11 is 1.74. The standard InChI is InChI=1S/C49H28N6OS/c1-3-14-29(15-4-1)42-44-43(35-20-9-12-25-40(35)56-44)51-48(50-42)36-22-13-21-34-37-28-31(26-27-41(37)57-45(34)36)47-52-46(30-16-5-2-6-17-30)53-49(54-47)55-38-23-10-7-18-32(38)33-19-8-11-24-39(33)55/h1-28H.